The van der Waals surface area contributed by atoms with Crippen molar-refractivity contribution in [1.82, 2.24) is 4.90 Å². The molecule has 0 fully saturated rings. The monoisotopic (exact) mass is 280 g/mol. The standard InChI is InChI=1S/C14H20N2O2S/c1-11(12-6-4-3-5-7-12)16(9-8-13(15)19)14(17)10-18-2/h3-7,11H,8-10H2,1-2H3,(H2,15,19). The van der Waals surface area contributed by atoms with Gasteiger partial charge < -0.3 is 15.4 Å². The lowest BCUT2D eigenvalue weighted by Gasteiger charge is -2.29. The SMILES string of the molecule is COCC(=O)N(CCC(N)=S)C(C)c1ccccc1. The Morgan fingerprint density at radius 1 is 1.42 bits per heavy atom. The Morgan fingerprint density at radius 2 is 2.05 bits per heavy atom. The van der Waals surface area contributed by atoms with Crippen LogP contribution in [0.3, 0.4) is 0 Å². The zero-order chi connectivity index (χ0) is 14.3. The first-order chi connectivity index (χ1) is 9.06. The molecular formula is C14H20N2O2S. The van der Waals surface area contributed by atoms with Crippen molar-refractivity contribution in [2.24, 2.45) is 5.73 Å². The number of benzene rings is 1. The second kappa shape index (κ2) is 7.86. The zero-order valence-corrected chi connectivity index (χ0v) is 12.2. The van der Waals surface area contributed by atoms with Crippen molar-refractivity contribution in [3.05, 3.63) is 35.9 Å². The van der Waals surface area contributed by atoms with Crippen molar-refractivity contribution >= 4 is 23.1 Å². The Bertz CT molecular complexity index is 423. The normalized spacial score (nSPS) is 11.9. The highest BCUT2D eigenvalue weighted by atomic mass is 32.1. The lowest BCUT2D eigenvalue weighted by molar-refractivity contribution is -0.137. The van der Waals surface area contributed by atoms with Crippen LogP contribution in [-0.4, -0.2) is 36.1 Å². The van der Waals surface area contributed by atoms with Gasteiger partial charge in [0.15, 0.2) is 0 Å². The van der Waals surface area contributed by atoms with Gasteiger partial charge in [-0.25, -0.2) is 0 Å². The van der Waals surface area contributed by atoms with E-state index >= 15 is 0 Å². The van der Waals surface area contributed by atoms with Crippen molar-refractivity contribution in [1.29, 1.82) is 0 Å². The van der Waals surface area contributed by atoms with Crippen LogP contribution in [0.15, 0.2) is 30.3 Å². The summed E-state index contributed by atoms with van der Waals surface area (Å²) in [6, 6.07) is 9.83. The fraction of sp³-hybridized carbons (Fsp3) is 0.429. The number of nitrogens with zero attached hydrogens (tertiary/aromatic N) is 1. The molecule has 0 saturated carbocycles. The molecule has 0 saturated heterocycles. The second-order valence-corrected chi connectivity index (χ2v) is 4.85. The summed E-state index contributed by atoms with van der Waals surface area (Å²) in [6.07, 6.45) is 0.516. The maximum atomic E-state index is 12.1. The van der Waals surface area contributed by atoms with Crippen LogP contribution in [0.5, 0.6) is 0 Å². The van der Waals surface area contributed by atoms with E-state index in [-0.39, 0.29) is 18.6 Å². The molecule has 1 rings (SSSR count). The summed E-state index contributed by atoms with van der Waals surface area (Å²) < 4.78 is 4.92. The van der Waals surface area contributed by atoms with E-state index in [2.05, 4.69) is 0 Å². The Balaban J connectivity index is 2.82. The van der Waals surface area contributed by atoms with E-state index in [9.17, 15) is 4.79 Å². The molecule has 0 spiro atoms. The van der Waals surface area contributed by atoms with Crippen LogP contribution in [0.1, 0.15) is 24.9 Å². The largest absolute Gasteiger partial charge is 0.393 e. The molecule has 1 aromatic rings. The lowest BCUT2D eigenvalue weighted by Crippen LogP contribution is -2.38. The topological polar surface area (TPSA) is 55.6 Å². The molecule has 0 bridgehead atoms. The lowest BCUT2D eigenvalue weighted by atomic mass is 10.1. The minimum absolute atomic E-state index is 0.0294. The van der Waals surface area contributed by atoms with Crippen LogP contribution in [0.4, 0.5) is 0 Å². The van der Waals surface area contributed by atoms with Gasteiger partial charge in [0.05, 0.1) is 11.0 Å². The van der Waals surface area contributed by atoms with Gasteiger partial charge in [-0.3, -0.25) is 4.79 Å². The van der Waals surface area contributed by atoms with Gasteiger partial charge >= 0.3 is 0 Å². The average Bonchev–Trinajstić information content (AvgIpc) is 2.39. The maximum absolute atomic E-state index is 12.1. The first-order valence-electron chi connectivity index (χ1n) is 6.18. The molecule has 0 aliphatic rings. The first kappa shape index (κ1) is 15.6. The van der Waals surface area contributed by atoms with Crippen molar-refractivity contribution in [3.8, 4) is 0 Å². The summed E-state index contributed by atoms with van der Waals surface area (Å²) in [5.74, 6) is -0.0601. The molecule has 19 heavy (non-hydrogen) atoms. The summed E-state index contributed by atoms with van der Waals surface area (Å²) in [7, 11) is 1.51. The molecule has 5 heteroatoms. The molecule has 0 aliphatic heterocycles. The van der Waals surface area contributed by atoms with Crippen molar-refractivity contribution < 1.29 is 9.53 Å². The molecule has 1 atom stereocenters. The second-order valence-electron chi connectivity index (χ2n) is 4.32. The molecule has 1 unspecified atom stereocenters. The molecule has 4 nitrogen and oxygen atoms in total. The van der Waals surface area contributed by atoms with E-state index in [1.807, 2.05) is 37.3 Å². The highest BCUT2D eigenvalue weighted by Gasteiger charge is 2.20. The summed E-state index contributed by atoms with van der Waals surface area (Å²) in [5.41, 5.74) is 6.59. The number of rotatable bonds is 7. The molecule has 1 amide bonds. The minimum Gasteiger partial charge on any atom is -0.393 e. The number of ether oxygens (including phenoxy) is 1. The molecule has 0 heterocycles. The third kappa shape index (κ3) is 4.96. The number of nitrogens with two attached hydrogens (primary N) is 1. The Labute approximate surface area is 119 Å². The molecular weight excluding hydrogens is 260 g/mol. The summed E-state index contributed by atoms with van der Waals surface area (Å²) in [6.45, 7) is 2.56. The predicted molar refractivity (Wildman–Crippen MR) is 79.8 cm³/mol. The highest BCUT2D eigenvalue weighted by Crippen LogP contribution is 2.20. The average molecular weight is 280 g/mol. The van der Waals surface area contributed by atoms with Gasteiger partial charge in [-0.15, -0.1) is 0 Å². The van der Waals surface area contributed by atoms with Gasteiger partial charge in [0.2, 0.25) is 5.91 Å². The smallest absolute Gasteiger partial charge is 0.249 e. The Morgan fingerprint density at radius 3 is 2.58 bits per heavy atom. The van der Waals surface area contributed by atoms with Gasteiger partial charge in [0.25, 0.3) is 0 Å². The zero-order valence-electron chi connectivity index (χ0n) is 11.3. The third-order valence-corrected chi connectivity index (χ3v) is 3.14. The number of hydrogen-bond donors (Lipinski definition) is 1. The van der Waals surface area contributed by atoms with E-state index in [0.29, 0.717) is 18.0 Å². The van der Waals surface area contributed by atoms with Gasteiger partial charge in [0, 0.05) is 20.1 Å². The van der Waals surface area contributed by atoms with E-state index in [0.717, 1.165) is 5.56 Å². The van der Waals surface area contributed by atoms with Crippen molar-refractivity contribution in [3.63, 3.8) is 0 Å². The molecule has 2 N–H and O–H groups in total. The van der Waals surface area contributed by atoms with Crippen LogP contribution in [0, 0.1) is 0 Å². The fourth-order valence-corrected chi connectivity index (χ4v) is 1.97. The minimum atomic E-state index is -0.0601. The van der Waals surface area contributed by atoms with E-state index in [4.69, 9.17) is 22.7 Å². The number of carbonyl (C=O) groups is 1. The summed E-state index contributed by atoms with van der Waals surface area (Å²) in [4.78, 5) is 14.2. The van der Waals surface area contributed by atoms with E-state index < -0.39 is 0 Å². The van der Waals surface area contributed by atoms with E-state index in [1.54, 1.807) is 4.90 Å². The van der Waals surface area contributed by atoms with Gasteiger partial charge in [-0.05, 0) is 12.5 Å². The number of hydrogen-bond acceptors (Lipinski definition) is 3. The van der Waals surface area contributed by atoms with Crippen LogP contribution < -0.4 is 5.73 Å². The summed E-state index contributed by atoms with van der Waals surface area (Å²) in [5, 5.41) is 0. The Kier molecular flexibility index (Phi) is 6.45. The molecule has 0 aromatic heterocycles. The van der Waals surface area contributed by atoms with Gasteiger partial charge in [0.1, 0.15) is 6.61 Å². The molecule has 104 valence electrons. The quantitative estimate of drug-likeness (QED) is 0.775. The van der Waals surface area contributed by atoms with Crippen molar-refractivity contribution in [2.75, 3.05) is 20.3 Å². The fourth-order valence-electron chi connectivity index (χ4n) is 1.88. The number of thiocarbonyl (C=S) groups is 1. The third-order valence-electron chi connectivity index (χ3n) is 2.94. The number of methoxy groups -OCH3 is 1. The Hall–Kier alpha value is -1.46. The number of carbonyl (C=O) groups excluding carboxylic acids is 1. The first-order valence-corrected chi connectivity index (χ1v) is 6.58. The highest BCUT2D eigenvalue weighted by molar-refractivity contribution is 7.80. The maximum Gasteiger partial charge on any atom is 0.249 e. The molecule has 0 aliphatic carbocycles. The number of amides is 1. The van der Waals surface area contributed by atoms with E-state index in [1.165, 1.54) is 7.11 Å². The van der Waals surface area contributed by atoms with Crippen LogP contribution in [0.2, 0.25) is 0 Å². The molecule has 0 radical (unpaired) electrons. The van der Waals surface area contributed by atoms with Gasteiger partial charge in [-0.2, -0.15) is 0 Å². The van der Waals surface area contributed by atoms with Crippen molar-refractivity contribution in [2.45, 2.75) is 19.4 Å². The van der Waals surface area contributed by atoms with Crippen LogP contribution in [0.25, 0.3) is 0 Å². The van der Waals surface area contributed by atoms with Gasteiger partial charge in [-0.1, -0.05) is 42.5 Å². The van der Waals surface area contributed by atoms with Crippen LogP contribution in [-0.2, 0) is 9.53 Å². The summed E-state index contributed by atoms with van der Waals surface area (Å²) >= 11 is 4.88. The predicted octanol–water partition coefficient (Wildman–Crippen LogP) is 1.90. The molecule has 1 aromatic carbocycles. The van der Waals surface area contributed by atoms with Crippen LogP contribution >= 0.6 is 12.2 Å².